The third-order valence-electron chi connectivity index (χ3n) is 4.98. The lowest BCUT2D eigenvalue weighted by atomic mass is 9.98. The Morgan fingerprint density at radius 3 is 2.72 bits per heavy atom. The van der Waals surface area contributed by atoms with Gasteiger partial charge >= 0.3 is 0 Å². The van der Waals surface area contributed by atoms with Crippen molar-refractivity contribution >= 4 is 11.8 Å². The van der Waals surface area contributed by atoms with Crippen molar-refractivity contribution in [2.45, 2.75) is 37.8 Å². The summed E-state index contributed by atoms with van der Waals surface area (Å²) in [5.74, 6) is 0.253. The zero-order valence-corrected chi connectivity index (χ0v) is 14.5. The number of hydrogen-bond donors (Lipinski definition) is 1. The number of carbonyl (C=O) groups excluding carboxylic acids is 2. The molecule has 2 fully saturated rings. The van der Waals surface area contributed by atoms with Gasteiger partial charge in [-0.15, -0.1) is 0 Å². The molecule has 6 nitrogen and oxygen atoms in total. The molecule has 0 bridgehead atoms. The second-order valence-electron chi connectivity index (χ2n) is 6.62. The van der Waals surface area contributed by atoms with E-state index < -0.39 is 6.10 Å². The highest BCUT2D eigenvalue weighted by atomic mass is 16.5. The fourth-order valence-corrected chi connectivity index (χ4v) is 3.72. The zero-order chi connectivity index (χ0) is 17.6. The molecule has 2 saturated heterocycles. The van der Waals surface area contributed by atoms with Gasteiger partial charge in [0.2, 0.25) is 11.8 Å². The molecular weight excluding hydrogens is 320 g/mol. The molecule has 0 spiro atoms. The van der Waals surface area contributed by atoms with E-state index in [-0.39, 0.29) is 24.5 Å². The van der Waals surface area contributed by atoms with Gasteiger partial charge in [-0.05, 0) is 18.4 Å². The smallest absolute Gasteiger partial charge is 0.223 e. The third-order valence-corrected chi connectivity index (χ3v) is 4.98. The first kappa shape index (κ1) is 17.9. The summed E-state index contributed by atoms with van der Waals surface area (Å²) in [4.78, 5) is 28.1. The number of benzene rings is 1. The van der Waals surface area contributed by atoms with Crippen molar-refractivity contribution in [2.75, 3.05) is 32.8 Å². The molecule has 2 atom stereocenters. The van der Waals surface area contributed by atoms with Gasteiger partial charge in [-0.25, -0.2) is 0 Å². The van der Waals surface area contributed by atoms with Crippen LogP contribution in [0.4, 0.5) is 0 Å². The second kappa shape index (κ2) is 8.45. The van der Waals surface area contributed by atoms with E-state index in [4.69, 9.17) is 4.74 Å². The number of aliphatic hydroxyl groups is 1. The van der Waals surface area contributed by atoms with Gasteiger partial charge in [0.15, 0.2) is 0 Å². The van der Waals surface area contributed by atoms with Crippen LogP contribution in [0.5, 0.6) is 0 Å². The lowest BCUT2D eigenvalue weighted by molar-refractivity contribution is -0.150. The summed E-state index contributed by atoms with van der Waals surface area (Å²) < 4.78 is 5.68. The summed E-state index contributed by atoms with van der Waals surface area (Å²) in [7, 11) is 0. The van der Waals surface area contributed by atoms with Crippen LogP contribution >= 0.6 is 0 Å². The predicted octanol–water partition coefficient (Wildman–Crippen LogP) is 1.35. The van der Waals surface area contributed by atoms with Gasteiger partial charge in [-0.3, -0.25) is 9.59 Å². The van der Waals surface area contributed by atoms with Crippen LogP contribution in [0.15, 0.2) is 30.3 Å². The van der Waals surface area contributed by atoms with Gasteiger partial charge in [0.25, 0.3) is 0 Å². The Kier molecular flexibility index (Phi) is 6.04. The number of likely N-dealkylation sites (tertiary alicyclic amines) is 1. The first-order valence-corrected chi connectivity index (χ1v) is 9.05. The largest absolute Gasteiger partial charge is 0.394 e. The molecule has 6 heteroatoms. The number of carbonyl (C=O) groups is 2. The third kappa shape index (κ3) is 4.19. The van der Waals surface area contributed by atoms with E-state index in [2.05, 4.69) is 0 Å². The first-order valence-electron chi connectivity index (χ1n) is 9.05. The number of amides is 2. The molecule has 2 heterocycles. The Labute approximate surface area is 148 Å². The number of ether oxygens (including phenoxy) is 1. The quantitative estimate of drug-likeness (QED) is 0.844. The van der Waals surface area contributed by atoms with Gasteiger partial charge in [0.1, 0.15) is 6.10 Å². The molecule has 0 radical (unpaired) electrons. The van der Waals surface area contributed by atoms with Crippen molar-refractivity contribution < 1.29 is 19.4 Å². The molecule has 25 heavy (non-hydrogen) atoms. The van der Waals surface area contributed by atoms with Crippen LogP contribution in [0.25, 0.3) is 0 Å². The summed E-state index contributed by atoms with van der Waals surface area (Å²) in [6.45, 7) is 2.30. The maximum Gasteiger partial charge on any atom is 0.223 e. The standard InChI is InChI=1S/C19H26N2O4/c22-14-16-19(15-6-2-1-3-7-15)21(12-13-25-16)18(24)9-5-11-20-10-4-8-17(20)23/h1-3,6-7,16,19,22H,4-5,8-14H2. The number of rotatable bonds is 6. The highest BCUT2D eigenvalue weighted by Gasteiger charge is 2.35. The molecule has 2 unspecified atom stereocenters. The van der Waals surface area contributed by atoms with Crippen LogP contribution in [0, 0.1) is 0 Å². The Bertz CT molecular complexity index is 592. The van der Waals surface area contributed by atoms with Crippen LogP contribution in [0.3, 0.4) is 0 Å². The number of nitrogens with zero attached hydrogens (tertiary/aromatic N) is 2. The monoisotopic (exact) mass is 346 g/mol. The van der Waals surface area contributed by atoms with Gasteiger partial charge < -0.3 is 19.6 Å². The van der Waals surface area contributed by atoms with Crippen LogP contribution in [0.1, 0.15) is 37.3 Å². The minimum absolute atomic E-state index is 0.0576. The SMILES string of the molecule is O=C1CCCN1CCCC(=O)N1CCOC(CO)C1c1ccccc1. The average Bonchev–Trinajstić information content (AvgIpc) is 3.06. The van der Waals surface area contributed by atoms with Crippen LogP contribution in [-0.2, 0) is 14.3 Å². The van der Waals surface area contributed by atoms with Gasteiger partial charge in [-0.2, -0.15) is 0 Å². The molecule has 0 aliphatic carbocycles. The van der Waals surface area contributed by atoms with Crippen molar-refractivity contribution in [2.24, 2.45) is 0 Å². The maximum absolute atomic E-state index is 12.8. The summed E-state index contributed by atoms with van der Waals surface area (Å²) in [6, 6.07) is 9.46. The molecule has 2 amide bonds. The second-order valence-corrected chi connectivity index (χ2v) is 6.62. The number of morpholine rings is 1. The normalized spacial score (nSPS) is 24.0. The Morgan fingerprint density at radius 1 is 1.24 bits per heavy atom. The van der Waals surface area contributed by atoms with Gasteiger partial charge in [-0.1, -0.05) is 30.3 Å². The van der Waals surface area contributed by atoms with Crippen LogP contribution < -0.4 is 0 Å². The lowest BCUT2D eigenvalue weighted by Crippen LogP contribution is -2.49. The van der Waals surface area contributed by atoms with Crippen LogP contribution in [-0.4, -0.2) is 65.7 Å². The van der Waals surface area contributed by atoms with Crippen molar-refractivity contribution in [1.29, 1.82) is 0 Å². The molecule has 1 aromatic rings. The molecule has 2 aliphatic heterocycles. The van der Waals surface area contributed by atoms with Crippen LogP contribution in [0.2, 0.25) is 0 Å². The average molecular weight is 346 g/mol. The van der Waals surface area contributed by atoms with E-state index in [0.29, 0.717) is 39.0 Å². The van der Waals surface area contributed by atoms with Crippen molar-refractivity contribution in [3.8, 4) is 0 Å². The Morgan fingerprint density at radius 2 is 2.04 bits per heavy atom. The summed E-state index contributed by atoms with van der Waals surface area (Å²) in [5.41, 5.74) is 0.976. The molecule has 136 valence electrons. The number of aliphatic hydroxyl groups excluding tert-OH is 1. The first-order chi connectivity index (χ1) is 12.2. The fourth-order valence-electron chi connectivity index (χ4n) is 3.72. The summed E-state index contributed by atoms with van der Waals surface area (Å²) in [6.07, 6.45) is 2.23. The van der Waals surface area contributed by atoms with E-state index >= 15 is 0 Å². The van der Waals surface area contributed by atoms with Gasteiger partial charge in [0, 0.05) is 32.5 Å². The maximum atomic E-state index is 12.8. The molecule has 1 N–H and O–H groups in total. The Hall–Kier alpha value is -1.92. The molecule has 0 saturated carbocycles. The zero-order valence-electron chi connectivity index (χ0n) is 14.5. The number of hydrogen-bond acceptors (Lipinski definition) is 4. The van der Waals surface area contributed by atoms with E-state index in [9.17, 15) is 14.7 Å². The topological polar surface area (TPSA) is 70.1 Å². The van der Waals surface area contributed by atoms with Crippen molar-refractivity contribution in [3.05, 3.63) is 35.9 Å². The molecule has 1 aromatic carbocycles. The molecule has 3 rings (SSSR count). The molecule has 2 aliphatic rings. The van der Waals surface area contributed by atoms with Crippen molar-refractivity contribution in [1.82, 2.24) is 9.80 Å². The fraction of sp³-hybridized carbons (Fsp3) is 0.579. The van der Waals surface area contributed by atoms with Crippen molar-refractivity contribution in [3.63, 3.8) is 0 Å². The minimum atomic E-state index is -0.403. The van der Waals surface area contributed by atoms with E-state index in [1.54, 1.807) is 0 Å². The minimum Gasteiger partial charge on any atom is -0.394 e. The molecule has 0 aromatic heterocycles. The van der Waals surface area contributed by atoms with E-state index in [0.717, 1.165) is 18.5 Å². The summed E-state index contributed by atoms with van der Waals surface area (Å²) >= 11 is 0. The van der Waals surface area contributed by atoms with Gasteiger partial charge in [0.05, 0.1) is 19.3 Å². The summed E-state index contributed by atoms with van der Waals surface area (Å²) in [5, 5.41) is 9.66. The lowest BCUT2D eigenvalue weighted by Gasteiger charge is -2.41. The Balaban J connectivity index is 1.63. The molecular formula is C19H26N2O4. The van der Waals surface area contributed by atoms with E-state index in [1.807, 2.05) is 40.1 Å². The highest BCUT2D eigenvalue weighted by molar-refractivity contribution is 5.78. The predicted molar refractivity (Wildman–Crippen MR) is 92.8 cm³/mol. The highest BCUT2D eigenvalue weighted by Crippen LogP contribution is 2.30. The van der Waals surface area contributed by atoms with E-state index in [1.165, 1.54) is 0 Å².